The Hall–Kier alpha value is -1.83. The van der Waals surface area contributed by atoms with E-state index in [1.807, 2.05) is 45.0 Å². The molecule has 1 heterocycles. The lowest BCUT2D eigenvalue weighted by atomic mass is 10.0. The van der Waals surface area contributed by atoms with E-state index in [0.717, 1.165) is 23.2 Å². The first-order valence-corrected chi connectivity index (χ1v) is 10.7. The second-order valence-electron chi connectivity index (χ2n) is 6.49. The number of carbonyl (C=O) groups excluding carboxylic acids is 1. The Labute approximate surface area is 175 Å². The highest BCUT2D eigenvalue weighted by atomic mass is 35.5. The molecular weight excluding hydrogens is 396 g/mol. The van der Waals surface area contributed by atoms with E-state index in [4.69, 9.17) is 22.1 Å². The highest BCUT2D eigenvalue weighted by Gasteiger charge is 2.14. The average Bonchev–Trinajstić information content (AvgIpc) is 2.66. The molecule has 1 aromatic carbocycles. The summed E-state index contributed by atoms with van der Waals surface area (Å²) in [6.07, 6.45) is 1.70. The Bertz CT molecular complexity index is 785. The number of ether oxygens (including phenoxy) is 1. The topological polar surface area (TPSA) is 90.1 Å². The van der Waals surface area contributed by atoms with Gasteiger partial charge in [0, 0.05) is 23.7 Å². The SMILES string of the molecule is CCc1nc(SCC(=O)NCCCOC(C)C)nc(N)c1-c1ccc(Cl)cc1. The predicted octanol–water partition coefficient (Wildman–Crippen LogP) is 3.97. The summed E-state index contributed by atoms with van der Waals surface area (Å²) >= 11 is 7.25. The van der Waals surface area contributed by atoms with Gasteiger partial charge in [-0.2, -0.15) is 0 Å². The van der Waals surface area contributed by atoms with Crippen molar-refractivity contribution in [1.29, 1.82) is 0 Å². The number of benzene rings is 1. The number of hydrogen-bond donors (Lipinski definition) is 2. The molecule has 2 aromatic rings. The van der Waals surface area contributed by atoms with Crippen molar-refractivity contribution >= 4 is 35.1 Å². The molecular formula is C20H27ClN4O2S. The quantitative estimate of drug-likeness (QED) is 0.342. The number of thioether (sulfide) groups is 1. The number of carbonyl (C=O) groups is 1. The van der Waals surface area contributed by atoms with E-state index in [0.29, 0.717) is 35.6 Å². The molecule has 0 saturated carbocycles. The first-order valence-electron chi connectivity index (χ1n) is 9.34. The van der Waals surface area contributed by atoms with Gasteiger partial charge < -0.3 is 15.8 Å². The fourth-order valence-corrected chi connectivity index (χ4v) is 3.38. The Morgan fingerprint density at radius 2 is 2.00 bits per heavy atom. The molecule has 0 bridgehead atoms. The smallest absolute Gasteiger partial charge is 0.230 e. The third-order valence-corrected chi connectivity index (χ3v) is 4.99. The van der Waals surface area contributed by atoms with Crippen LogP contribution in [-0.2, 0) is 16.0 Å². The third-order valence-electron chi connectivity index (χ3n) is 3.89. The number of aromatic nitrogens is 2. The van der Waals surface area contributed by atoms with Crippen LogP contribution in [0.2, 0.25) is 5.02 Å². The van der Waals surface area contributed by atoms with E-state index in [-0.39, 0.29) is 17.8 Å². The number of amides is 1. The van der Waals surface area contributed by atoms with Gasteiger partial charge in [-0.15, -0.1) is 0 Å². The van der Waals surface area contributed by atoms with Gasteiger partial charge >= 0.3 is 0 Å². The Balaban J connectivity index is 1.95. The van der Waals surface area contributed by atoms with Crippen LogP contribution in [0.1, 0.15) is 32.9 Å². The van der Waals surface area contributed by atoms with Gasteiger partial charge in [0.1, 0.15) is 5.82 Å². The second-order valence-corrected chi connectivity index (χ2v) is 7.86. The summed E-state index contributed by atoms with van der Waals surface area (Å²) in [5.74, 6) is 0.591. The zero-order chi connectivity index (χ0) is 20.5. The maximum atomic E-state index is 12.0. The number of aryl methyl sites for hydroxylation is 1. The van der Waals surface area contributed by atoms with Crippen molar-refractivity contribution < 1.29 is 9.53 Å². The number of halogens is 1. The molecule has 6 nitrogen and oxygen atoms in total. The van der Waals surface area contributed by atoms with Crippen molar-refractivity contribution in [3.63, 3.8) is 0 Å². The Morgan fingerprint density at radius 1 is 1.29 bits per heavy atom. The third kappa shape index (κ3) is 6.96. The van der Waals surface area contributed by atoms with E-state index in [2.05, 4.69) is 15.3 Å². The van der Waals surface area contributed by atoms with Gasteiger partial charge in [-0.05, 0) is 44.4 Å². The minimum absolute atomic E-state index is 0.0588. The summed E-state index contributed by atoms with van der Waals surface area (Å²) in [5, 5.41) is 4.04. The minimum atomic E-state index is -0.0588. The first kappa shape index (κ1) is 22.5. The maximum Gasteiger partial charge on any atom is 0.230 e. The second kappa shape index (κ2) is 11.2. The normalized spacial score (nSPS) is 11.0. The number of rotatable bonds is 10. The number of nitrogens with two attached hydrogens (primary N) is 1. The van der Waals surface area contributed by atoms with Gasteiger partial charge in [0.25, 0.3) is 0 Å². The van der Waals surface area contributed by atoms with Crippen LogP contribution < -0.4 is 11.1 Å². The molecule has 0 aliphatic carbocycles. The van der Waals surface area contributed by atoms with E-state index < -0.39 is 0 Å². The van der Waals surface area contributed by atoms with E-state index in [9.17, 15) is 4.79 Å². The highest BCUT2D eigenvalue weighted by molar-refractivity contribution is 7.99. The molecule has 0 aliphatic rings. The molecule has 0 aliphatic heterocycles. The highest BCUT2D eigenvalue weighted by Crippen LogP contribution is 2.30. The van der Waals surface area contributed by atoms with Crippen molar-refractivity contribution in [3.8, 4) is 11.1 Å². The summed E-state index contributed by atoms with van der Waals surface area (Å²) in [4.78, 5) is 21.0. The minimum Gasteiger partial charge on any atom is -0.383 e. The van der Waals surface area contributed by atoms with Crippen LogP contribution in [0.5, 0.6) is 0 Å². The van der Waals surface area contributed by atoms with Crippen LogP contribution in [0.3, 0.4) is 0 Å². The molecule has 0 spiro atoms. The van der Waals surface area contributed by atoms with E-state index >= 15 is 0 Å². The molecule has 2 rings (SSSR count). The van der Waals surface area contributed by atoms with Crippen LogP contribution in [0.15, 0.2) is 29.4 Å². The molecule has 0 radical (unpaired) electrons. The van der Waals surface area contributed by atoms with E-state index in [1.54, 1.807) is 0 Å². The first-order chi connectivity index (χ1) is 13.4. The van der Waals surface area contributed by atoms with Crippen LogP contribution in [0.25, 0.3) is 11.1 Å². The molecule has 0 fully saturated rings. The van der Waals surface area contributed by atoms with Gasteiger partial charge in [0.2, 0.25) is 5.91 Å². The average molecular weight is 423 g/mol. The predicted molar refractivity (Wildman–Crippen MR) is 116 cm³/mol. The summed E-state index contributed by atoms with van der Waals surface area (Å²) < 4.78 is 5.45. The number of nitrogens with zero attached hydrogens (tertiary/aromatic N) is 2. The zero-order valence-corrected chi connectivity index (χ0v) is 18.1. The lowest BCUT2D eigenvalue weighted by Crippen LogP contribution is -2.27. The van der Waals surface area contributed by atoms with Gasteiger partial charge in [0.05, 0.1) is 17.6 Å². The maximum absolute atomic E-state index is 12.0. The molecule has 1 amide bonds. The fraction of sp³-hybridized carbons (Fsp3) is 0.450. The molecule has 0 saturated heterocycles. The molecule has 3 N–H and O–H groups in total. The molecule has 152 valence electrons. The largest absolute Gasteiger partial charge is 0.383 e. The van der Waals surface area contributed by atoms with Crippen molar-refractivity contribution in [2.75, 3.05) is 24.6 Å². The molecule has 0 atom stereocenters. The van der Waals surface area contributed by atoms with Crippen molar-refractivity contribution in [3.05, 3.63) is 35.0 Å². The lowest BCUT2D eigenvalue weighted by Gasteiger charge is -2.12. The zero-order valence-electron chi connectivity index (χ0n) is 16.5. The van der Waals surface area contributed by atoms with Crippen LogP contribution in [0, 0.1) is 0 Å². The van der Waals surface area contributed by atoms with Gasteiger partial charge in [0.15, 0.2) is 5.16 Å². The molecule has 1 aromatic heterocycles. The fourth-order valence-electron chi connectivity index (χ4n) is 2.55. The van der Waals surface area contributed by atoms with Gasteiger partial charge in [-0.25, -0.2) is 9.97 Å². The lowest BCUT2D eigenvalue weighted by molar-refractivity contribution is -0.118. The Kier molecular flexibility index (Phi) is 9.02. The standard InChI is InChI=1S/C20H27ClN4O2S/c1-4-16-18(14-6-8-15(21)9-7-14)19(22)25-20(24-16)28-12-17(26)23-10-5-11-27-13(2)3/h6-9,13H,4-5,10-12H2,1-3H3,(H,23,26)(H2,22,24,25). The van der Waals surface area contributed by atoms with Crippen LogP contribution in [0.4, 0.5) is 5.82 Å². The summed E-state index contributed by atoms with van der Waals surface area (Å²) in [6, 6.07) is 7.43. The monoisotopic (exact) mass is 422 g/mol. The summed E-state index contributed by atoms with van der Waals surface area (Å²) in [5.41, 5.74) is 8.80. The van der Waals surface area contributed by atoms with Gasteiger partial charge in [-0.3, -0.25) is 4.79 Å². The van der Waals surface area contributed by atoms with Crippen LogP contribution >= 0.6 is 23.4 Å². The van der Waals surface area contributed by atoms with Gasteiger partial charge in [-0.1, -0.05) is 42.4 Å². The number of anilines is 1. The van der Waals surface area contributed by atoms with Crippen molar-refractivity contribution in [2.45, 2.75) is 44.9 Å². The van der Waals surface area contributed by atoms with Crippen molar-refractivity contribution in [2.24, 2.45) is 0 Å². The van der Waals surface area contributed by atoms with Crippen LogP contribution in [-0.4, -0.2) is 40.9 Å². The van der Waals surface area contributed by atoms with Crippen molar-refractivity contribution in [1.82, 2.24) is 15.3 Å². The molecule has 0 unspecified atom stereocenters. The molecule has 8 heteroatoms. The Morgan fingerprint density at radius 3 is 2.64 bits per heavy atom. The summed E-state index contributed by atoms with van der Waals surface area (Å²) in [7, 11) is 0. The summed E-state index contributed by atoms with van der Waals surface area (Å²) in [6.45, 7) is 7.22. The number of nitrogen functional groups attached to an aromatic ring is 1. The number of hydrogen-bond acceptors (Lipinski definition) is 6. The molecule has 28 heavy (non-hydrogen) atoms. The van der Waals surface area contributed by atoms with E-state index in [1.165, 1.54) is 11.8 Å². The number of nitrogens with one attached hydrogen (secondary N) is 1.